The molecule has 0 radical (unpaired) electrons. The van der Waals surface area contributed by atoms with Crippen LogP contribution in [-0.4, -0.2) is 50.1 Å². The molecular formula is C17H33N3O. The van der Waals surface area contributed by atoms with Crippen molar-refractivity contribution in [1.82, 2.24) is 15.5 Å². The first kappa shape index (κ1) is 16.8. The summed E-state index contributed by atoms with van der Waals surface area (Å²) in [6, 6.07) is 0. The van der Waals surface area contributed by atoms with Gasteiger partial charge in [-0.05, 0) is 70.7 Å². The van der Waals surface area contributed by atoms with Crippen LogP contribution in [0.1, 0.15) is 52.4 Å². The van der Waals surface area contributed by atoms with Crippen molar-refractivity contribution in [1.29, 1.82) is 0 Å². The lowest BCUT2D eigenvalue weighted by Gasteiger charge is -2.37. The number of piperidine rings is 2. The van der Waals surface area contributed by atoms with Gasteiger partial charge in [-0.2, -0.15) is 0 Å². The summed E-state index contributed by atoms with van der Waals surface area (Å²) in [6.45, 7) is 10.8. The highest BCUT2D eigenvalue weighted by molar-refractivity contribution is 5.82. The van der Waals surface area contributed by atoms with Gasteiger partial charge in [0.15, 0.2) is 0 Å². The Kier molecular flexibility index (Phi) is 6.49. The van der Waals surface area contributed by atoms with Crippen molar-refractivity contribution in [2.75, 3.05) is 39.3 Å². The molecule has 0 unspecified atom stereocenters. The van der Waals surface area contributed by atoms with Crippen LogP contribution < -0.4 is 10.6 Å². The van der Waals surface area contributed by atoms with Crippen LogP contribution in [-0.2, 0) is 4.79 Å². The molecule has 0 bridgehead atoms. The molecule has 0 aromatic carbocycles. The van der Waals surface area contributed by atoms with E-state index in [-0.39, 0.29) is 5.41 Å². The van der Waals surface area contributed by atoms with Gasteiger partial charge < -0.3 is 15.5 Å². The second kappa shape index (κ2) is 8.14. The second-order valence-electron chi connectivity index (χ2n) is 6.87. The molecule has 0 aromatic heterocycles. The van der Waals surface area contributed by atoms with Crippen molar-refractivity contribution in [2.45, 2.75) is 52.4 Å². The third kappa shape index (κ3) is 4.43. The van der Waals surface area contributed by atoms with Crippen molar-refractivity contribution >= 4 is 5.91 Å². The number of likely N-dealkylation sites (tertiary alicyclic amines) is 1. The van der Waals surface area contributed by atoms with Gasteiger partial charge in [-0.1, -0.05) is 20.3 Å². The molecule has 2 rings (SSSR count). The van der Waals surface area contributed by atoms with Gasteiger partial charge in [0.2, 0.25) is 5.91 Å². The van der Waals surface area contributed by atoms with E-state index in [9.17, 15) is 4.79 Å². The van der Waals surface area contributed by atoms with E-state index in [0.29, 0.717) is 11.8 Å². The molecule has 0 atom stereocenters. The fourth-order valence-electron chi connectivity index (χ4n) is 3.91. The van der Waals surface area contributed by atoms with Crippen molar-refractivity contribution in [3.63, 3.8) is 0 Å². The van der Waals surface area contributed by atoms with E-state index in [2.05, 4.69) is 29.4 Å². The maximum absolute atomic E-state index is 12.7. The fourth-order valence-corrected chi connectivity index (χ4v) is 3.91. The second-order valence-corrected chi connectivity index (χ2v) is 6.87. The van der Waals surface area contributed by atoms with Gasteiger partial charge in [0.1, 0.15) is 0 Å². The number of carbonyl (C=O) groups excluding carboxylic acids is 1. The van der Waals surface area contributed by atoms with Gasteiger partial charge in [0.25, 0.3) is 0 Å². The summed E-state index contributed by atoms with van der Waals surface area (Å²) in [4.78, 5) is 15.2. The molecule has 2 aliphatic heterocycles. The number of rotatable bonds is 6. The van der Waals surface area contributed by atoms with Gasteiger partial charge in [-0.3, -0.25) is 4.79 Å². The quantitative estimate of drug-likeness (QED) is 0.788. The Labute approximate surface area is 130 Å². The molecule has 21 heavy (non-hydrogen) atoms. The molecule has 0 spiro atoms. The Hall–Kier alpha value is -0.610. The summed E-state index contributed by atoms with van der Waals surface area (Å²) in [6.07, 6.45) is 6.60. The summed E-state index contributed by atoms with van der Waals surface area (Å²) in [5.41, 5.74) is -0.0931. The number of amides is 1. The van der Waals surface area contributed by atoms with Crippen LogP contribution in [0.25, 0.3) is 0 Å². The zero-order valence-electron chi connectivity index (χ0n) is 13.9. The van der Waals surface area contributed by atoms with Crippen molar-refractivity contribution in [3.05, 3.63) is 0 Å². The first-order valence-corrected chi connectivity index (χ1v) is 8.91. The Balaban J connectivity index is 1.79. The summed E-state index contributed by atoms with van der Waals surface area (Å²) in [5.74, 6) is 1.00. The van der Waals surface area contributed by atoms with Crippen LogP contribution in [0, 0.1) is 11.3 Å². The molecule has 122 valence electrons. The number of hydrogen-bond donors (Lipinski definition) is 2. The molecule has 4 nitrogen and oxygen atoms in total. The Morgan fingerprint density at radius 2 is 1.90 bits per heavy atom. The number of carbonyl (C=O) groups is 1. The lowest BCUT2D eigenvalue weighted by atomic mass is 9.74. The first-order valence-electron chi connectivity index (χ1n) is 8.91. The lowest BCUT2D eigenvalue weighted by molar-refractivity contribution is -0.133. The van der Waals surface area contributed by atoms with Crippen molar-refractivity contribution in [3.8, 4) is 0 Å². The topological polar surface area (TPSA) is 44.4 Å². The minimum atomic E-state index is -0.0931. The van der Waals surface area contributed by atoms with Gasteiger partial charge in [-0.15, -0.1) is 0 Å². The number of nitrogens with zero attached hydrogens (tertiary/aromatic N) is 1. The van der Waals surface area contributed by atoms with Crippen LogP contribution >= 0.6 is 0 Å². The highest BCUT2D eigenvalue weighted by atomic mass is 16.2. The largest absolute Gasteiger partial charge is 0.355 e. The van der Waals surface area contributed by atoms with E-state index in [1.54, 1.807) is 0 Å². The third-order valence-corrected chi connectivity index (χ3v) is 5.48. The summed E-state index contributed by atoms with van der Waals surface area (Å²) >= 11 is 0. The van der Waals surface area contributed by atoms with Gasteiger partial charge in [-0.25, -0.2) is 0 Å². The smallest absolute Gasteiger partial charge is 0.226 e. The predicted molar refractivity (Wildman–Crippen MR) is 87.3 cm³/mol. The molecule has 0 aliphatic carbocycles. The SMILES string of the molecule is CCCC1(C(=O)NCC2CCN(CC)CC2)CCNCC1. The predicted octanol–water partition coefficient (Wildman–Crippen LogP) is 2.00. The van der Waals surface area contributed by atoms with E-state index >= 15 is 0 Å². The third-order valence-electron chi connectivity index (χ3n) is 5.48. The monoisotopic (exact) mass is 295 g/mol. The molecule has 4 heteroatoms. The molecule has 0 aromatic rings. The maximum Gasteiger partial charge on any atom is 0.226 e. The lowest BCUT2D eigenvalue weighted by Crippen LogP contribution is -2.49. The summed E-state index contributed by atoms with van der Waals surface area (Å²) in [7, 11) is 0. The molecule has 2 aliphatic rings. The van der Waals surface area contributed by atoms with E-state index in [4.69, 9.17) is 0 Å². The standard InChI is InChI=1S/C17H33N3O/c1-3-7-17(8-10-18-11-9-17)16(21)19-14-15-5-12-20(4-2)13-6-15/h15,18H,3-14H2,1-2H3,(H,19,21). The average molecular weight is 295 g/mol. The zero-order valence-corrected chi connectivity index (χ0v) is 13.9. The van der Waals surface area contributed by atoms with E-state index in [1.807, 2.05) is 0 Å². The van der Waals surface area contributed by atoms with Gasteiger partial charge >= 0.3 is 0 Å². The molecular weight excluding hydrogens is 262 g/mol. The van der Waals surface area contributed by atoms with E-state index in [0.717, 1.165) is 51.9 Å². The van der Waals surface area contributed by atoms with E-state index < -0.39 is 0 Å². The van der Waals surface area contributed by atoms with Gasteiger partial charge in [0.05, 0.1) is 5.41 Å². The normalized spacial score (nSPS) is 23.9. The molecule has 2 saturated heterocycles. The van der Waals surface area contributed by atoms with Crippen LogP contribution in [0.15, 0.2) is 0 Å². The zero-order chi connectivity index (χ0) is 15.1. The average Bonchev–Trinajstić information content (AvgIpc) is 2.54. The number of hydrogen-bond acceptors (Lipinski definition) is 3. The first-order chi connectivity index (χ1) is 10.2. The highest BCUT2D eigenvalue weighted by Crippen LogP contribution is 2.34. The number of nitrogens with one attached hydrogen (secondary N) is 2. The fraction of sp³-hybridized carbons (Fsp3) is 0.941. The summed E-state index contributed by atoms with van der Waals surface area (Å²) in [5, 5.41) is 6.68. The molecule has 0 saturated carbocycles. The van der Waals surface area contributed by atoms with Crippen LogP contribution in [0.2, 0.25) is 0 Å². The van der Waals surface area contributed by atoms with Crippen LogP contribution in [0.4, 0.5) is 0 Å². The molecule has 2 heterocycles. The van der Waals surface area contributed by atoms with E-state index in [1.165, 1.54) is 25.9 Å². The minimum absolute atomic E-state index is 0.0931. The molecule has 2 N–H and O–H groups in total. The Bertz CT molecular complexity index is 312. The maximum atomic E-state index is 12.7. The molecule has 2 fully saturated rings. The van der Waals surface area contributed by atoms with Crippen molar-refractivity contribution in [2.24, 2.45) is 11.3 Å². The van der Waals surface area contributed by atoms with Crippen molar-refractivity contribution < 1.29 is 4.79 Å². The minimum Gasteiger partial charge on any atom is -0.355 e. The molecule has 1 amide bonds. The van der Waals surface area contributed by atoms with Crippen LogP contribution in [0.5, 0.6) is 0 Å². The highest BCUT2D eigenvalue weighted by Gasteiger charge is 2.38. The summed E-state index contributed by atoms with van der Waals surface area (Å²) < 4.78 is 0. The Morgan fingerprint density at radius 3 is 2.48 bits per heavy atom. The Morgan fingerprint density at radius 1 is 1.24 bits per heavy atom. The van der Waals surface area contributed by atoms with Crippen LogP contribution in [0.3, 0.4) is 0 Å². The van der Waals surface area contributed by atoms with Gasteiger partial charge in [0, 0.05) is 6.54 Å².